The number of piperidine rings is 1. The molecule has 24 heavy (non-hydrogen) atoms. The first-order chi connectivity index (χ1) is 11.2. The number of alkyl halides is 3. The summed E-state index contributed by atoms with van der Waals surface area (Å²) < 4.78 is 47.3. The molecular formula is C17H22F3NO3. The average Bonchev–Trinajstić information content (AvgIpc) is 2.52. The van der Waals surface area contributed by atoms with Gasteiger partial charge in [0.25, 0.3) is 0 Å². The van der Waals surface area contributed by atoms with Crippen molar-refractivity contribution in [1.29, 1.82) is 0 Å². The monoisotopic (exact) mass is 345 g/mol. The van der Waals surface area contributed by atoms with E-state index in [-0.39, 0.29) is 24.4 Å². The summed E-state index contributed by atoms with van der Waals surface area (Å²) in [5.41, 5.74) is -2.48. The quantitative estimate of drug-likeness (QED) is 0.853. The number of nitrogens with zero attached hydrogens (tertiary/aromatic N) is 1. The lowest BCUT2D eigenvalue weighted by Crippen LogP contribution is -2.62. The number of phenolic OH excluding ortho intramolecular Hbond substituents is 1. The molecule has 1 aliphatic rings. The van der Waals surface area contributed by atoms with Crippen LogP contribution in [0.5, 0.6) is 5.75 Å². The van der Waals surface area contributed by atoms with Gasteiger partial charge in [0.2, 0.25) is 5.54 Å². The van der Waals surface area contributed by atoms with Crippen LogP contribution in [0.1, 0.15) is 36.0 Å². The zero-order valence-electron chi connectivity index (χ0n) is 14.0. The molecule has 1 saturated heterocycles. The molecule has 1 heterocycles. The first-order valence-corrected chi connectivity index (χ1v) is 7.87. The highest BCUT2D eigenvalue weighted by atomic mass is 19.4. The summed E-state index contributed by atoms with van der Waals surface area (Å²) >= 11 is 0. The fourth-order valence-corrected chi connectivity index (χ4v) is 3.43. The van der Waals surface area contributed by atoms with Gasteiger partial charge >= 0.3 is 12.1 Å². The van der Waals surface area contributed by atoms with E-state index in [1.807, 2.05) is 0 Å². The van der Waals surface area contributed by atoms with Crippen molar-refractivity contribution in [3.63, 3.8) is 0 Å². The Morgan fingerprint density at radius 1 is 1.12 bits per heavy atom. The number of hydrogen-bond acceptors (Lipinski definition) is 4. The van der Waals surface area contributed by atoms with Crippen molar-refractivity contribution in [2.24, 2.45) is 0 Å². The van der Waals surface area contributed by atoms with E-state index in [0.29, 0.717) is 24.0 Å². The van der Waals surface area contributed by atoms with E-state index >= 15 is 0 Å². The molecule has 1 aliphatic heterocycles. The average molecular weight is 345 g/mol. The van der Waals surface area contributed by atoms with Crippen molar-refractivity contribution in [2.75, 3.05) is 20.2 Å². The van der Waals surface area contributed by atoms with Gasteiger partial charge in [0.15, 0.2) is 0 Å². The predicted molar refractivity (Wildman–Crippen MR) is 82.8 cm³/mol. The second-order valence-electron chi connectivity index (χ2n) is 6.21. The topological polar surface area (TPSA) is 49.8 Å². The Hall–Kier alpha value is -1.76. The van der Waals surface area contributed by atoms with Gasteiger partial charge < -0.3 is 9.84 Å². The van der Waals surface area contributed by atoms with Gasteiger partial charge in [0.05, 0.1) is 7.11 Å². The van der Waals surface area contributed by atoms with Gasteiger partial charge in [-0.15, -0.1) is 0 Å². The number of phenols is 1. The molecule has 0 radical (unpaired) electrons. The van der Waals surface area contributed by atoms with Crippen molar-refractivity contribution in [2.45, 2.75) is 44.8 Å². The second kappa shape index (κ2) is 6.63. The van der Waals surface area contributed by atoms with Crippen LogP contribution in [0, 0.1) is 13.8 Å². The summed E-state index contributed by atoms with van der Waals surface area (Å²) in [4.78, 5) is 13.6. The summed E-state index contributed by atoms with van der Waals surface area (Å²) in [5.74, 6) is -1.42. The van der Waals surface area contributed by atoms with Crippen LogP contribution < -0.4 is 0 Å². The van der Waals surface area contributed by atoms with E-state index in [0.717, 1.165) is 18.4 Å². The maximum Gasteiger partial charge on any atom is 0.421 e. The van der Waals surface area contributed by atoms with Gasteiger partial charge in [-0.25, -0.2) is 4.79 Å². The first kappa shape index (κ1) is 18.6. The van der Waals surface area contributed by atoms with Gasteiger partial charge in [0, 0.05) is 0 Å². The van der Waals surface area contributed by atoms with E-state index in [4.69, 9.17) is 0 Å². The molecule has 2 rings (SSSR count). The molecule has 7 heteroatoms. The standard InChI is InChI=1S/C17H22F3NO3/c1-11-9-13(10-12(2)14(11)22)16(15(23)24-3,17(18,19)20)21-7-5-4-6-8-21/h9-10,22H,4-8H2,1-3H3. The zero-order chi connectivity index (χ0) is 18.1. The minimum Gasteiger partial charge on any atom is -0.507 e. The third-order valence-electron chi connectivity index (χ3n) is 4.63. The molecule has 0 bridgehead atoms. The number of carbonyl (C=O) groups excluding carboxylic acids is 1. The number of aryl methyl sites for hydroxylation is 2. The van der Waals surface area contributed by atoms with Gasteiger partial charge in [-0.2, -0.15) is 13.2 Å². The number of halogens is 3. The highest BCUT2D eigenvalue weighted by Crippen LogP contribution is 2.47. The van der Waals surface area contributed by atoms with Crippen molar-refractivity contribution < 1.29 is 27.8 Å². The van der Waals surface area contributed by atoms with Crippen molar-refractivity contribution in [1.82, 2.24) is 4.90 Å². The van der Waals surface area contributed by atoms with Crippen molar-refractivity contribution in [3.05, 3.63) is 28.8 Å². The SMILES string of the molecule is COC(=O)C(c1cc(C)c(O)c(C)c1)(N1CCCCC1)C(F)(F)F. The van der Waals surface area contributed by atoms with Gasteiger partial charge in [-0.05, 0) is 68.6 Å². The molecule has 0 saturated carbocycles. The Balaban J connectivity index is 2.76. The number of carbonyl (C=O) groups is 1. The summed E-state index contributed by atoms with van der Waals surface area (Å²) in [7, 11) is 0.965. The lowest BCUT2D eigenvalue weighted by molar-refractivity contribution is -0.246. The lowest BCUT2D eigenvalue weighted by Gasteiger charge is -2.44. The van der Waals surface area contributed by atoms with Crippen molar-refractivity contribution >= 4 is 5.97 Å². The largest absolute Gasteiger partial charge is 0.507 e. The Bertz CT molecular complexity index is 601. The molecule has 4 nitrogen and oxygen atoms in total. The Labute approximate surface area is 139 Å². The molecule has 1 unspecified atom stereocenters. The molecule has 1 aromatic rings. The van der Waals surface area contributed by atoms with Crippen LogP contribution in [0.4, 0.5) is 13.2 Å². The number of benzene rings is 1. The maximum absolute atomic E-state index is 14.2. The number of ether oxygens (including phenoxy) is 1. The molecule has 0 amide bonds. The minimum absolute atomic E-state index is 0.0710. The third-order valence-corrected chi connectivity index (χ3v) is 4.63. The van der Waals surface area contributed by atoms with Gasteiger partial charge in [0.1, 0.15) is 5.75 Å². The normalized spacial score (nSPS) is 18.9. The molecule has 0 aromatic heterocycles. The number of aromatic hydroxyl groups is 1. The Morgan fingerprint density at radius 2 is 1.62 bits per heavy atom. The van der Waals surface area contributed by atoms with Crippen LogP contribution in [0.2, 0.25) is 0 Å². The summed E-state index contributed by atoms with van der Waals surface area (Å²) in [6, 6.07) is 2.45. The number of hydrogen-bond donors (Lipinski definition) is 1. The van der Waals surface area contributed by atoms with Crippen LogP contribution in [0.25, 0.3) is 0 Å². The number of likely N-dealkylation sites (tertiary alicyclic amines) is 1. The molecular weight excluding hydrogens is 323 g/mol. The second-order valence-corrected chi connectivity index (χ2v) is 6.21. The minimum atomic E-state index is -4.85. The molecule has 0 aliphatic carbocycles. The maximum atomic E-state index is 14.2. The zero-order valence-corrected chi connectivity index (χ0v) is 14.0. The highest BCUT2D eigenvalue weighted by molar-refractivity contribution is 5.84. The van der Waals surface area contributed by atoms with Crippen LogP contribution in [0.15, 0.2) is 12.1 Å². The molecule has 134 valence electrons. The lowest BCUT2D eigenvalue weighted by atomic mass is 9.83. The molecule has 1 atom stereocenters. The van der Waals surface area contributed by atoms with Crippen LogP contribution in [0.3, 0.4) is 0 Å². The van der Waals surface area contributed by atoms with E-state index < -0.39 is 17.7 Å². The van der Waals surface area contributed by atoms with Crippen LogP contribution in [-0.2, 0) is 15.1 Å². The van der Waals surface area contributed by atoms with E-state index in [1.165, 1.54) is 26.0 Å². The van der Waals surface area contributed by atoms with Gasteiger partial charge in [-0.1, -0.05) is 6.42 Å². The highest BCUT2D eigenvalue weighted by Gasteiger charge is 2.66. The van der Waals surface area contributed by atoms with Gasteiger partial charge in [-0.3, -0.25) is 4.90 Å². The molecule has 1 aromatic carbocycles. The molecule has 1 N–H and O–H groups in total. The number of esters is 1. The summed E-state index contributed by atoms with van der Waals surface area (Å²) in [6.45, 7) is 3.35. The fourth-order valence-electron chi connectivity index (χ4n) is 3.43. The Kier molecular flexibility index (Phi) is 5.13. The van der Waals surface area contributed by atoms with Crippen LogP contribution in [-0.4, -0.2) is 42.4 Å². The van der Waals surface area contributed by atoms with Crippen LogP contribution >= 0.6 is 0 Å². The summed E-state index contributed by atoms with van der Waals surface area (Å²) in [5, 5.41) is 9.89. The van der Waals surface area contributed by atoms with E-state index in [2.05, 4.69) is 4.74 Å². The Morgan fingerprint density at radius 3 is 2.04 bits per heavy atom. The van der Waals surface area contributed by atoms with E-state index in [9.17, 15) is 23.1 Å². The van der Waals surface area contributed by atoms with Crippen molar-refractivity contribution in [3.8, 4) is 5.75 Å². The number of methoxy groups -OCH3 is 1. The fraction of sp³-hybridized carbons (Fsp3) is 0.588. The smallest absolute Gasteiger partial charge is 0.421 e. The molecule has 0 spiro atoms. The molecule has 1 fully saturated rings. The predicted octanol–water partition coefficient (Wildman–Crippen LogP) is 3.43. The first-order valence-electron chi connectivity index (χ1n) is 7.87. The number of rotatable bonds is 3. The summed E-state index contributed by atoms with van der Waals surface area (Å²) in [6.07, 6.45) is -2.84. The third kappa shape index (κ3) is 2.85. The van der Waals surface area contributed by atoms with E-state index in [1.54, 1.807) is 0 Å².